The van der Waals surface area contributed by atoms with E-state index in [0.29, 0.717) is 23.7 Å². The number of ether oxygens (including phenoxy) is 2. The molecule has 0 atom stereocenters. The summed E-state index contributed by atoms with van der Waals surface area (Å²) < 4.78 is 12.6. The molecule has 9 nitrogen and oxygen atoms in total. The van der Waals surface area contributed by atoms with Crippen molar-refractivity contribution in [3.8, 4) is 17.2 Å². The molecule has 0 aliphatic carbocycles. The summed E-state index contributed by atoms with van der Waals surface area (Å²) in [4.78, 5) is 40.8. The van der Waals surface area contributed by atoms with E-state index in [2.05, 4.69) is 5.10 Å². The number of methoxy groups -OCH3 is 2. The molecule has 1 aromatic heterocycles. The maximum atomic E-state index is 13.3. The Morgan fingerprint density at radius 1 is 1.06 bits per heavy atom. The lowest BCUT2D eigenvalue weighted by Gasteiger charge is -2.17. The first-order valence-electron chi connectivity index (χ1n) is 10.1. The fourth-order valence-corrected chi connectivity index (χ4v) is 3.20. The van der Waals surface area contributed by atoms with E-state index >= 15 is 0 Å². The van der Waals surface area contributed by atoms with Crippen LogP contribution in [0, 0.1) is 6.92 Å². The highest BCUT2D eigenvalue weighted by Crippen LogP contribution is 2.28. The van der Waals surface area contributed by atoms with E-state index < -0.39 is 17.2 Å². The van der Waals surface area contributed by atoms with Crippen LogP contribution in [0.3, 0.4) is 0 Å². The van der Waals surface area contributed by atoms with Gasteiger partial charge in [-0.05, 0) is 37.1 Å². The van der Waals surface area contributed by atoms with Gasteiger partial charge in [0, 0.05) is 19.7 Å². The zero-order chi connectivity index (χ0) is 23.4. The lowest BCUT2D eigenvalue weighted by Crippen LogP contribution is -2.46. The molecule has 1 amide bonds. The third kappa shape index (κ3) is 4.27. The van der Waals surface area contributed by atoms with Crippen molar-refractivity contribution in [3.05, 3.63) is 80.1 Å². The summed E-state index contributed by atoms with van der Waals surface area (Å²) in [6, 6.07) is 12.2. The van der Waals surface area contributed by atoms with E-state index in [1.54, 1.807) is 32.2 Å². The number of hydrogen-bond donors (Lipinski definition) is 0. The van der Waals surface area contributed by atoms with E-state index in [0.717, 1.165) is 20.4 Å². The van der Waals surface area contributed by atoms with Crippen LogP contribution in [0.2, 0.25) is 0 Å². The molecule has 0 aliphatic heterocycles. The van der Waals surface area contributed by atoms with Gasteiger partial charge in [-0.15, -0.1) is 0 Å². The van der Waals surface area contributed by atoms with E-state index in [9.17, 15) is 14.4 Å². The SMILES string of the molecule is CCN(C)C(=O)c1nn(-c2ccc(OC)c(OC)c2)c(=O)n(Cc2ccccc2C)c1=O. The maximum Gasteiger partial charge on any atom is 0.352 e. The molecular formula is C23H26N4O5. The molecule has 32 heavy (non-hydrogen) atoms. The number of rotatable bonds is 7. The first kappa shape index (κ1) is 22.8. The van der Waals surface area contributed by atoms with Crippen LogP contribution >= 0.6 is 0 Å². The monoisotopic (exact) mass is 438 g/mol. The second-order valence-corrected chi connectivity index (χ2v) is 7.22. The Hall–Kier alpha value is -3.88. The quantitative estimate of drug-likeness (QED) is 0.559. The third-order valence-corrected chi connectivity index (χ3v) is 5.28. The summed E-state index contributed by atoms with van der Waals surface area (Å²) in [6.07, 6.45) is 0. The molecule has 0 spiro atoms. The predicted molar refractivity (Wildman–Crippen MR) is 120 cm³/mol. The molecule has 168 valence electrons. The van der Waals surface area contributed by atoms with Crippen LogP contribution in [0.25, 0.3) is 5.69 Å². The standard InChI is InChI=1S/C23H26N4O5/c1-6-25(3)21(28)20-22(29)26(14-16-10-8-7-9-15(16)2)23(30)27(24-20)17-11-12-18(31-4)19(13-17)32-5/h7-13H,6,14H2,1-5H3. The van der Waals surface area contributed by atoms with Gasteiger partial charge in [0.2, 0.25) is 5.69 Å². The van der Waals surface area contributed by atoms with E-state index in [-0.39, 0.29) is 12.2 Å². The number of carbonyl (C=O) groups excluding carboxylic acids is 1. The minimum absolute atomic E-state index is 0.0102. The number of nitrogens with zero attached hydrogens (tertiary/aromatic N) is 4. The van der Waals surface area contributed by atoms with E-state index in [4.69, 9.17) is 9.47 Å². The zero-order valence-electron chi connectivity index (χ0n) is 18.8. The van der Waals surface area contributed by atoms with Gasteiger partial charge in [0.15, 0.2) is 11.5 Å². The fourth-order valence-electron chi connectivity index (χ4n) is 3.20. The minimum Gasteiger partial charge on any atom is -0.493 e. The lowest BCUT2D eigenvalue weighted by molar-refractivity contribution is 0.0791. The zero-order valence-corrected chi connectivity index (χ0v) is 18.8. The second kappa shape index (κ2) is 9.51. The van der Waals surface area contributed by atoms with Crippen molar-refractivity contribution in [1.29, 1.82) is 0 Å². The Bertz CT molecular complexity index is 1260. The molecule has 0 bridgehead atoms. The van der Waals surface area contributed by atoms with E-state index in [1.807, 2.05) is 31.2 Å². The molecule has 0 unspecified atom stereocenters. The largest absolute Gasteiger partial charge is 0.493 e. The second-order valence-electron chi connectivity index (χ2n) is 7.22. The van der Waals surface area contributed by atoms with Gasteiger partial charge in [0.25, 0.3) is 11.5 Å². The smallest absolute Gasteiger partial charge is 0.352 e. The van der Waals surface area contributed by atoms with Crippen LogP contribution in [0.15, 0.2) is 52.1 Å². The van der Waals surface area contributed by atoms with Gasteiger partial charge in [-0.1, -0.05) is 24.3 Å². The number of aryl methyl sites for hydroxylation is 1. The molecule has 3 rings (SSSR count). The Balaban J connectivity index is 2.28. The summed E-state index contributed by atoms with van der Waals surface area (Å²) in [5, 5.41) is 4.15. The minimum atomic E-state index is -0.736. The van der Waals surface area contributed by atoms with Crippen molar-refractivity contribution in [2.24, 2.45) is 0 Å². The fraction of sp³-hybridized carbons (Fsp3) is 0.304. The van der Waals surface area contributed by atoms with Crippen molar-refractivity contribution < 1.29 is 14.3 Å². The molecule has 0 saturated carbocycles. The first-order chi connectivity index (χ1) is 15.3. The summed E-state index contributed by atoms with van der Waals surface area (Å²) in [6.45, 7) is 4.07. The molecule has 0 saturated heterocycles. The van der Waals surface area contributed by atoms with Crippen molar-refractivity contribution in [2.45, 2.75) is 20.4 Å². The van der Waals surface area contributed by atoms with Crippen molar-refractivity contribution in [2.75, 3.05) is 27.8 Å². The Labute approximate surface area is 185 Å². The summed E-state index contributed by atoms with van der Waals surface area (Å²) in [5.74, 6) is 0.290. The highest BCUT2D eigenvalue weighted by molar-refractivity contribution is 5.91. The van der Waals surface area contributed by atoms with Gasteiger partial charge in [0.05, 0.1) is 26.5 Å². The van der Waals surface area contributed by atoms with Crippen molar-refractivity contribution in [1.82, 2.24) is 19.2 Å². The summed E-state index contributed by atoms with van der Waals surface area (Å²) >= 11 is 0. The van der Waals surface area contributed by atoms with Gasteiger partial charge in [0.1, 0.15) is 0 Å². The predicted octanol–water partition coefficient (Wildman–Crippen LogP) is 1.86. The number of benzene rings is 2. The van der Waals surface area contributed by atoms with Gasteiger partial charge < -0.3 is 14.4 Å². The molecule has 0 fully saturated rings. The van der Waals surface area contributed by atoms with Gasteiger partial charge >= 0.3 is 5.69 Å². The molecular weight excluding hydrogens is 412 g/mol. The average molecular weight is 438 g/mol. The van der Waals surface area contributed by atoms with E-state index in [1.165, 1.54) is 19.1 Å². The highest BCUT2D eigenvalue weighted by atomic mass is 16.5. The normalized spacial score (nSPS) is 10.7. The molecule has 0 aliphatic rings. The number of hydrogen-bond acceptors (Lipinski definition) is 6. The number of carbonyl (C=O) groups is 1. The van der Waals surface area contributed by atoms with Gasteiger partial charge in [-0.2, -0.15) is 9.78 Å². The highest BCUT2D eigenvalue weighted by Gasteiger charge is 2.23. The van der Waals surface area contributed by atoms with Crippen molar-refractivity contribution in [3.63, 3.8) is 0 Å². The molecule has 0 N–H and O–H groups in total. The van der Waals surface area contributed by atoms with Crippen LogP contribution in [0.4, 0.5) is 0 Å². The summed E-state index contributed by atoms with van der Waals surface area (Å²) in [7, 11) is 4.55. The third-order valence-electron chi connectivity index (χ3n) is 5.28. The number of aromatic nitrogens is 3. The van der Waals surface area contributed by atoms with Crippen LogP contribution in [0.5, 0.6) is 11.5 Å². The molecule has 2 aromatic carbocycles. The molecule has 9 heteroatoms. The molecule has 0 radical (unpaired) electrons. The molecule has 3 aromatic rings. The maximum absolute atomic E-state index is 13.3. The number of amides is 1. The Kier molecular flexibility index (Phi) is 6.77. The van der Waals surface area contributed by atoms with Crippen molar-refractivity contribution >= 4 is 5.91 Å². The summed E-state index contributed by atoms with van der Waals surface area (Å²) in [5.41, 5.74) is 0.309. The van der Waals surface area contributed by atoms with Gasteiger partial charge in [-0.3, -0.25) is 14.2 Å². The van der Waals surface area contributed by atoms with Crippen LogP contribution < -0.4 is 20.7 Å². The lowest BCUT2D eigenvalue weighted by atomic mass is 10.1. The van der Waals surface area contributed by atoms with Gasteiger partial charge in [-0.25, -0.2) is 4.79 Å². The van der Waals surface area contributed by atoms with Crippen LogP contribution in [-0.2, 0) is 6.54 Å². The Morgan fingerprint density at radius 2 is 1.75 bits per heavy atom. The molecule has 1 heterocycles. The Morgan fingerprint density at radius 3 is 2.38 bits per heavy atom. The average Bonchev–Trinajstić information content (AvgIpc) is 2.81. The first-order valence-corrected chi connectivity index (χ1v) is 10.1. The van der Waals surface area contributed by atoms with Crippen LogP contribution in [-0.4, -0.2) is 53.0 Å². The van der Waals surface area contributed by atoms with Crippen LogP contribution in [0.1, 0.15) is 28.5 Å². The topological polar surface area (TPSA) is 95.7 Å².